The first-order chi connectivity index (χ1) is 8.10. The zero-order valence-corrected chi connectivity index (χ0v) is 11.3. The predicted octanol–water partition coefficient (Wildman–Crippen LogP) is 0.945. The van der Waals surface area contributed by atoms with E-state index in [1.165, 1.54) is 6.07 Å². The Morgan fingerprint density at radius 2 is 2.29 bits per heavy atom. The second kappa shape index (κ2) is 7.07. The molecule has 0 amide bonds. The first-order valence-electron chi connectivity index (χ1n) is 5.36. The van der Waals surface area contributed by atoms with E-state index in [1.807, 2.05) is 6.92 Å². The minimum absolute atomic E-state index is 0.143. The Kier molecular flexibility index (Phi) is 6.07. The number of sulfonamides is 1. The van der Waals surface area contributed by atoms with Crippen molar-refractivity contribution in [3.05, 3.63) is 17.0 Å². The van der Waals surface area contributed by atoms with Crippen LogP contribution in [0.1, 0.15) is 18.9 Å². The summed E-state index contributed by atoms with van der Waals surface area (Å²) in [5, 5.41) is 10.5. The third-order valence-corrected chi connectivity index (χ3v) is 4.99. The van der Waals surface area contributed by atoms with Crippen molar-refractivity contribution in [2.45, 2.75) is 24.2 Å². The van der Waals surface area contributed by atoms with Gasteiger partial charge in [0.15, 0.2) is 0 Å². The van der Waals surface area contributed by atoms with Crippen molar-refractivity contribution >= 4 is 21.4 Å². The molecule has 5 nitrogen and oxygen atoms in total. The molecule has 0 aliphatic carbocycles. The molecule has 17 heavy (non-hydrogen) atoms. The molecule has 0 bridgehead atoms. The Labute approximate surface area is 105 Å². The van der Waals surface area contributed by atoms with Crippen LogP contribution in [0.25, 0.3) is 0 Å². The van der Waals surface area contributed by atoms with Crippen LogP contribution in [0.5, 0.6) is 0 Å². The Balaban J connectivity index is 2.45. The fourth-order valence-corrected chi connectivity index (χ4v) is 3.49. The van der Waals surface area contributed by atoms with Crippen molar-refractivity contribution in [3.8, 4) is 0 Å². The van der Waals surface area contributed by atoms with Crippen LogP contribution < -0.4 is 4.72 Å². The van der Waals surface area contributed by atoms with Crippen LogP contribution in [0.4, 0.5) is 0 Å². The van der Waals surface area contributed by atoms with Gasteiger partial charge in [0.2, 0.25) is 10.0 Å². The van der Waals surface area contributed by atoms with Gasteiger partial charge >= 0.3 is 0 Å². The average Bonchev–Trinajstić information content (AvgIpc) is 2.78. The van der Waals surface area contributed by atoms with Gasteiger partial charge in [0, 0.05) is 19.8 Å². The van der Waals surface area contributed by atoms with E-state index in [2.05, 4.69) is 4.72 Å². The van der Waals surface area contributed by atoms with Crippen molar-refractivity contribution in [2.75, 3.05) is 19.8 Å². The van der Waals surface area contributed by atoms with Gasteiger partial charge in [0.05, 0.1) is 6.61 Å². The van der Waals surface area contributed by atoms with Gasteiger partial charge in [-0.3, -0.25) is 0 Å². The quantitative estimate of drug-likeness (QED) is 0.695. The summed E-state index contributed by atoms with van der Waals surface area (Å²) in [4.78, 5) is 0. The molecule has 1 aromatic heterocycles. The van der Waals surface area contributed by atoms with Gasteiger partial charge in [-0.2, -0.15) is 0 Å². The molecule has 0 aliphatic rings. The first kappa shape index (κ1) is 14.6. The Hall–Kier alpha value is -0.470. The molecule has 0 aliphatic heterocycles. The molecule has 0 fully saturated rings. The van der Waals surface area contributed by atoms with Crippen LogP contribution >= 0.6 is 11.3 Å². The van der Waals surface area contributed by atoms with Crippen LogP contribution in [0.15, 0.2) is 15.7 Å². The van der Waals surface area contributed by atoms with Crippen molar-refractivity contribution < 1.29 is 18.3 Å². The van der Waals surface area contributed by atoms with E-state index in [4.69, 9.17) is 9.84 Å². The van der Waals surface area contributed by atoms with Crippen LogP contribution in [0.3, 0.4) is 0 Å². The zero-order chi connectivity index (χ0) is 12.7. The van der Waals surface area contributed by atoms with Crippen LogP contribution in [-0.4, -0.2) is 33.3 Å². The molecule has 1 aromatic rings. The molecular weight excluding hydrogens is 262 g/mol. The number of aliphatic hydroxyl groups excluding tert-OH is 1. The molecular formula is C10H17NO4S2. The molecule has 0 aromatic carbocycles. The molecule has 98 valence electrons. The third kappa shape index (κ3) is 4.72. The fraction of sp³-hybridized carbons (Fsp3) is 0.600. The van der Waals surface area contributed by atoms with E-state index < -0.39 is 10.0 Å². The summed E-state index contributed by atoms with van der Waals surface area (Å²) in [5.41, 5.74) is 0.615. The highest BCUT2D eigenvalue weighted by molar-refractivity contribution is 7.91. The normalized spacial score (nSPS) is 11.9. The van der Waals surface area contributed by atoms with Gasteiger partial charge < -0.3 is 9.84 Å². The zero-order valence-electron chi connectivity index (χ0n) is 9.68. The van der Waals surface area contributed by atoms with Crippen LogP contribution in [0.2, 0.25) is 0 Å². The van der Waals surface area contributed by atoms with E-state index >= 15 is 0 Å². The number of aliphatic hydroxyl groups is 1. The van der Waals surface area contributed by atoms with Crippen molar-refractivity contribution in [2.24, 2.45) is 0 Å². The van der Waals surface area contributed by atoms with Gasteiger partial charge in [0.1, 0.15) is 4.21 Å². The van der Waals surface area contributed by atoms with Gasteiger partial charge in [-0.05, 0) is 30.4 Å². The molecule has 0 atom stereocenters. The van der Waals surface area contributed by atoms with E-state index in [0.717, 1.165) is 11.3 Å². The second-order valence-electron chi connectivity index (χ2n) is 3.38. The average molecular weight is 279 g/mol. The monoisotopic (exact) mass is 279 g/mol. The number of nitrogens with one attached hydrogen (secondary N) is 1. The van der Waals surface area contributed by atoms with Crippen LogP contribution in [0, 0.1) is 0 Å². The van der Waals surface area contributed by atoms with E-state index in [0.29, 0.717) is 31.7 Å². The number of hydrogen-bond donors (Lipinski definition) is 2. The van der Waals surface area contributed by atoms with Gasteiger partial charge in [0.25, 0.3) is 0 Å². The Morgan fingerprint density at radius 1 is 1.53 bits per heavy atom. The van der Waals surface area contributed by atoms with Crippen molar-refractivity contribution in [3.63, 3.8) is 0 Å². The minimum atomic E-state index is -3.43. The topological polar surface area (TPSA) is 75.6 Å². The summed E-state index contributed by atoms with van der Waals surface area (Å²) < 4.78 is 31.4. The molecule has 1 heterocycles. The Bertz CT molecular complexity index is 427. The summed E-state index contributed by atoms with van der Waals surface area (Å²) in [6.45, 7) is 3.29. The lowest BCUT2D eigenvalue weighted by Gasteiger charge is -2.04. The van der Waals surface area contributed by atoms with Gasteiger partial charge in [-0.15, -0.1) is 11.3 Å². The molecule has 7 heteroatoms. The summed E-state index contributed by atoms with van der Waals surface area (Å²) >= 11 is 1.11. The fourth-order valence-electron chi connectivity index (χ4n) is 1.17. The standard InChI is InChI=1S/C10H17NO4S2/c1-2-15-5-3-4-11-17(13,14)10-6-9(7-12)8-16-10/h6,8,11-12H,2-5,7H2,1H3. The minimum Gasteiger partial charge on any atom is -0.392 e. The predicted molar refractivity (Wildman–Crippen MR) is 66.5 cm³/mol. The lowest BCUT2D eigenvalue weighted by molar-refractivity contribution is 0.146. The van der Waals surface area contributed by atoms with Crippen molar-refractivity contribution in [1.29, 1.82) is 0 Å². The molecule has 2 N–H and O–H groups in total. The molecule has 0 radical (unpaired) electrons. The van der Waals surface area contributed by atoms with Crippen molar-refractivity contribution in [1.82, 2.24) is 4.72 Å². The summed E-state index contributed by atoms with van der Waals surface area (Å²) in [5.74, 6) is 0. The molecule has 0 saturated carbocycles. The smallest absolute Gasteiger partial charge is 0.250 e. The van der Waals surface area contributed by atoms with Gasteiger partial charge in [-0.1, -0.05) is 0 Å². The number of thiophene rings is 1. The molecule has 0 unspecified atom stereocenters. The number of ether oxygens (including phenoxy) is 1. The maximum Gasteiger partial charge on any atom is 0.250 e. The van der Waals surface area contributed by atoms with E-state index in [9.17, 15) is 8.42 Å². The second-order valence-corrected chi connectivity index (χ2v) is 6.29. The van der Waals surface area contributed by atoms with E-state index in [-0.39, 0.29) is 10.8 Å². The van der Waals surface area contributed by atoms with Crippen LogP contribution in [-0.2, 0) is 21.4 Å². The maximum absolute atomic E-state index is 11.8. The first-order valence-corrected chi connectivity index (χ1v) is 7.72. The maximum atomic E-state index is 11.8. The summed E-state index contributed by atoms with van der Waals surface area (Å²) in [6, 6.07) is 1.48. The Morgan fingerprint density at radius 3 is 2.88 bits per heavy atom. The third-order valence-electron chi connectivity index (χ3n) is 2.04. The lowest BCUT2D eigenvalue weighted by Crippen LogP contribution is -2.24. The highest BCUT2D eigenvalue weighted by Crippen LogP contribution is 2.19. The van der Waals surface area contributed by atoms with E-state index in [1.54, 1.807) is 5.38 Å². The number of rotatable bonds is 8. The largest absolute Gasteiger partial charge is 0.392 e. The SMILES string of the molecule is CCOCCCNS(=O)(=O)c1cc(CO)cs1. The summed E-state index contributed by atoms with van der Waals surface area (Å²) in [7, 11) is -3.43. The molecule has 0 saturated heterocycles. The molecule has 0 spiro atoms. The molecule has 1 rings (SSSR count). The lowest BCUT2D eigenvalue weighted by atomic mass is 10.4. The highest BCUT2D eigenvalue weighted by atomic mass is 32.2. The van der Waals surface area contributed by atoms with Gasteiger partial charge in [-0.25, -0.2) is 13.1 Å². The highest BCUT2D eigenvalue weighted by Gasteiger charge is 2.15. The number of hydrogen-bond acceptors (Lipinski definition) is 5. The summed E-state index contributed by atoms with van der Waals surface area (Å²) in [6.07, 6.45) is 0.644.